The highest BCUT2D eigenvalue weighted by molar-refractivity contribution is 6.33. The minimum atomic E-state index is -0.557. The van der Waals surface area contributed by atoms with Gasteiger partial charge in [0.15, 0.2) is 5.76 Å². The first-order valence-electron chi connectivity index (χ1n) is 6.82. The molecule has 0 aliphatic heterocycles. The molecule has 1 aromatic carbocycles. The molecule has 0 aliphatic rings. The smallest absolute Gasteiger partial charge is 0.287 e. The number of nitro groups is 1. The lowest BCUT2D eigenvalue weighted by molar-refractivity contribution is -0.384. The van der Waals surface area contributed by atoms with Gasteiger partial charge in [-0.15, -0.1) is 0 Å². The Balaban J connectivity index is 2.14. The van der Waals surface area contributed by atoms with Crippen molar-refractivity contribution >= 4 is 29.1 Å². The summed E-state index contributed by atoms with van der Waals surface area (Å²) in [6, 6.07) is 6.89. The number of likely N-dealkylation sites (N-methyl/N-ethyl adjacent to an activating group) is 1. The van der Waals surface area contributed by atoms with Crippen LogP contribution in [0.25, 0.3) is 11.3 Å². The van der Waals surface area contributed by atoms with Crippen molar-refractivity contribution in [2.45, 2.75) is 0 Å². The molecule has 0 bridgehead atoms. The van der Waals surface area contributed by atoms with Crippen LogP contribution in [0.5, 0.6) is 0 Å². The third-order valence-electron chi connectivity index (χ3n) is 3.16. The van der Waals surface area contributed by atoms with E-state index >= 15 is 0 Å². The lowest BCUT2D eigenvalue weighted by atomic mass is 10.1. The Morgan fingerprint density at radius 3 is 2.58 bits per heavy atom. The molecule has 24 heavy (non-hydrogen) atoms. The van der Waals surface area contributed by atoms with Gasteiger partial charge < -0.3 is 14.6 Å². The molecule has 126 valence electrons. The van der Waals surface area contributed by atoms with Crippen LogP contribution in [0.15, 0.2) is 34.7 Å². The van der Waals surface area contributed by atoms with Crippen molar-refractivity contribution < 1.29 is 18.9 Å². The Morgan fingerprint density at radius 2 is 2.00 bits per heavy atom. The summed E-state index contributed by atoms with van der Waals surface area (Å²) < 4.78 is 5.41. The lowest BCUT2D eigenvalue weighted by Crippen LogP contribution is -2.36. The molecule has 8 nitrogen and oxygen atoms in total. The number of rotatable bonds is 5. The number of non-ortho nitro benzene ring substituents is 1. The number of nitrogens with zero attached hydrogens (tertiary/aromatic N) is 2. The predicted octanol–water partition coefficient (Wildman–Crippen LogP) is 2.33. The van der Waals surface area contributed by atoms with Gasteiger partial charge in [0.1, 0.15) is 5.76 Å². The van der Waals surface area contributed by atoms with Crippen LogP contribution in [0.1, 0.15) is 10.6 Å². The molecule has 0 aliphatic carbocycles. The van der Waals surface area contributed by atoms with E-state index < -0.39 is 10.8 Å². The quantitative estimate of drug-likeness (QED) is 0.657. The van der Waals surface area contributed by atoms with E-state index in [-0.39, 0.29) is 28.9 Å². The molecule has 2 amide bonds. The molecule has 0 unspecified atom stereocenters. The highest BCUT2D eigenvalue weighted by Crippen LogP contribution is 2.32. The predicted molar refractivity (Wildman–Crippen MR) is 86.8 cm³/mol. The van der Waals surface area contributed by atoms with Crippen molar-refractivity contribution in [1.29, 1.82) is 0 Å². The van der Waals surface area contributed by atoms with Crippen molar-refractivity contribution in [2.75, 3.05) is 20.6 Å². The SMILES string of the molecule is CN(C)C(=O)CNC(=O)c1ccc(-c2ccc([N+](=O)[O-])cc2Cl)o1. The number of halogens is 1. The number of hydrogen-bond donors (Lipinski definition) is 1. The van der Waals surface area contributed by atoms with Crippen LogP contribution < -0.4 is 5.32 Å². The molecule has 2 rings (SSSR count). The fourth-order valence-corrected chi connectivity index (χ4v) is 2.09. The Kier molecular flexibility index (Phi) is 5.20. The summed E-state index contributed by atoms with van der Waals surface area (Å²) in [6.45, 7) is -0.153. The normalized spacial score (nSPS) is 10.3. The number of furan rings is 1. The molecule has 0 saturated carbocycles. The second kappa shape index (κ2) is 7.14. The van der Waals surface area contributed by atoms with E-state index in [1.807, 2.05) is 0 Å². The van der Waals surface area contributed by atoms with E-state index in [2.05, 4.69) is 5.32 Å². The van der Waals surface area contributed by atoms with Gasteiger partial charge in [-0.3, -0.25) is 19.7 Å². The van der Waals surface area contributed by atoms with Gasteiger partial charge in [-0.25, -0.2) is 0 Å². The maximum atomic E-state index is 11.9. The Morgan fingerprint density at radius 1 is 1.29 bits per heavy atom. The van der Waals surface area contributed by atoms with Crippen molar-refractivity contribution in [2.24, 2.45) is 0 Å². The summed E-state index contributed by atoms with van der Waals surface area (Å²) in [5.41, 5.74) is 0.279. The van der Waals surface area contributed by atoms with Crippen LogP contribution in [0, 0.1) is 10.1 Å². The fourth-order valence-electron chi connectivity index (χ4n) is 1.82. The monoisotopic (exact) mass is 351 g/mol. The average molecular weight is 352 g/mol. The molecule has 0 fully saturated rings. The number of hydrogen-bond acceptors (Lipinski definition) is 5. The van der Waals surface area contributed by atoms with Crippen LogP contribution in [-0.4, -0.2) is 42.3 Å². The third-order valence-corrected chi connectivity index (χ3v) is 3.47. The number of nitrogens with one attached hydrogen (secondary N) is 1. The maximum absolute atomic E-state index is 11.9. The topological polar surface area (TPSA) is 106 Å². The van der Waals surface area contributed by atoms with Crippen LogP contribution in [-0.2, 0) is 4.79 Å². The van der Waals surface area contributed by atoms with Gasteiger partial charge in [0.25, 0.3) is 11.6 Å². The lowest BCUT2D eigenvalue weighted by Gasteiger charge is -2.10. The summed E-state index contributed by atoms with van der Waals surface area (Å²) in [5.74, 6) is -0.506. The van der Waals surface area contributed by atoms with Gasteiger partial charge in [-0.05, 0) is 18.2 Å². The molecule has 1 N–H and O–H groups in total. The summed E-state index contributed by atoms with van der Waals surface area (Å²) in [5, 5.41) is 13.3. The van der Waals surface area contributed by atoms with Crippen molar-refractivity contribution in [3.8, 4) is 11.3 Å². The van der Waals surface area contributed by atoms with E-state index in [1.54, 1.807) is 14.1 Å². The number of carbonyl (C=O) groups is 2. The Labute approximate surface area is 142 Å². The van der Waals surface area contributed by atoms with Crippen LogP contribution in [0.4, 0.5) is 5.69 Å². The second-order valence-corrected chi connectivity index (χ2v) is 5.46. The van der Waals surface area contributed by atoms with E-state index in [0.717, 1.165) is 0 Å². The number of amides is 2. The third kappa shape index (κ3) is 3.90. The maximum Gasteiger partial charge on any atom is 0.287 e. The molecule has 2 aromatic rings. The number of carbonyl (C=O) groups excluding carboxylic acids is 2. The zero-order valence-corrected chi connectivity index (χ0v) is 13.7. The van der Waals surface area contributed by atoms with Gasteiger partial charge in [-0.1, -0.05) is 11.6 Å². The van der Waals surface area contributed by atoms with Crippen molar-refractivity contribution in [3.63, 3.8) is 0 Å². The van der Waals surface area contributed by atoms with Crippen molar-refractivity contribution in [1.82, 2.24) is 10.2 Å². The number of nitro benzene ring substituents is 1. The molecular weight excluding hydrogens is 338 g/mol. The summed E-state index contributed by atoms with van der Waals surface area (Å²) in [6.07, 6.45) is 0. The highest BCUT2D eigenvalue weighted by Gasteiger charge is 2.17. The summed E-state index contributed by atoms with van der Waals surface area (Å²) >= 11 is 6.02. The Hall–Kier alpha value is -2.87. The van der Waals surface area contributed by atoms with Gasteiger partial charge in [0.2, 0.25) is 5.91 Å². The van der Waals surface area contributed by atoms with Crippen LogP contribution in [0.2, 0.25) is 5.02 Å². The molecule has 0 spiro atoms. The largest absolute Gasteiger partial charge is 0.451 e. The Bertz CT molecular complexity index is 800. The molecule has 1 heterocycles. The van der Waals surface area contributed by atoms with E-state index in [9.17, 15) is 19.7 Å². The fraction of sp³-hybridized carbons (Fsp3) is 0.200. The first kappa shape index (κ1) is 17.5. The first-order chi connectivity index (χ1) is 11.3. The van der Waals surface area contributed by atoms with Gasteiger partial charge >= 0.3 is 0 Å². The minimum absolute atomic E-state index is 0.00553. The first-order valence-corrected chi connectivity index (χ1v) is 7.20. The van der Waals surface area contributed by atoms with Gasteiger partial charge in [0.05, 0.1) is 16.5 Å². The summed E-state index contributed by atoms with van der Waals surface area (Å²) in [4.78, 5) is 34.9. The van der Waals surface area contributed by atoms with E-state index in [1.165, 1.54) is 35.2 Å². The molecule has 9 heteroatoms. The van der Waals surface area contributed by atoms with Crippen LogP contribution in [0.3, 0.4) is 0 Å². The highest BCUT2D eigenvalue weighted by atomic mass is 35.5. The number of benzene rings is 1. The molecule has 1 aromatic heterocycles. The van der Waals surface area contributed by atoms with E-state index in [0.29, 0.717) is 11.3 Å². The molecular formula is C15H14ClN3O5. The van der Waals surface area contributed by atoms with Gasteiger partial charge in [0, 0.05) is 31.8 Å². The standard InChI is InChI=1S/C15H14ClN3O5/c1-18(2)14(20)8-17-15(21)13-6-5-12(24-13)10-4-3-9(19(22)23)7-11(10)16/h3-7H,8H2,1-2H3,(H,17,21). The summed E-state index contributed by atoms with van der Waals surface area (Å²) in [7, 11) is 3.16. The minimum Gasteiger partial charge on any atom is -0.451 e. The van der Waals surface area contributed by atoms with Gasteiger partial charge in [-0.2, -0.15) is 0 Å². The van der Waals surface area contributed by atoms with Crippen LogP contribution >= 0.6 is 11.6 Å². The molecule has 0 saturated heterocycles. The van der Waals surface area contributed by atoms with E-state index in [4.69, 9.17) is 16.0 Å². The molecule has 0 radical (unpaired) electrons. The average Bonchev–Trinajstić information content (AvgIpc) is 3.01. The molecule has 0 atom stereocenters. The second-order valence-electron chi connectivity index (χ2n) is 5.06. The zero-order valence-electron chi connectivity index (χ0n) is 12.9. The van der Waals surface area contributed by atoms with Crippen molar-refractivity contribution in [3.05, 3.63) is 51.2 Å². The zero-order chi connectivity index (χ0) is 17.9.